The lowest BCUT2D eigenvalue weighted by Gasteiger charge is -2.21. The fourth-order valence-electron chi connectivity index (χ4n) is 3.90. The minimum absolute atomic E-state index is 0.0789. The van der Waals surface area contributed by atoms with E-state index in [9.17, 15) is 13.2 Å². The first kappa shape index (κ1) is 27.0. The Kier molecular flexibility index (Phi) is 9.03. The molecule has 0 N–H and O–H groups in total. The van der Waals surface area contributed by atoms with Gasteiger partial charge in [-0.3, -0.25) is 9.69 Å². The van der Waals surface area contributed by atoms with Crippen LogP contribution in [0.15, 0.2) is 73.8 Å². The zero-order valence-electron chi connectivity index (χ0n) is 19.7. The minimum atomic E-state index is -3.73. The molecule has 2 aromatic carbocycles. The van der Waals surface area contributed by atoms with Crippen molar-refractivity contribution in [2.24, 2.45) is 0 Å². The molecule has 1 fully saturated rings. The average Bonchev–Trinajstić information content (AvgIpc) is 3.09. The van der Waals surface area contributed by atoms with Crippen LogP contribution in [0, 0.1) is 0 Å². The van der Waals surface area contributed by atoms with Gasteiger partial charge in [-0.15, -0.1) is 11.8 Å². The normalized spacial score (nSPS) is 15.5. The van der Waals surface area contributed by atoms with E-state index in [4.69, 9.17) is 32.4 Å². The van der Waals surface area contributed by atoms with Crippen molar-refractivity contribution in [3.05, 3.63) is 86.4 Å². The second-order valence-corrected chi connectivity index (χ2v) is 12.0. The van der Waals surface area contributed by atoms with E-state index in [2.05, 4.69) is 4.90 Å². The number of hydrogen-bond acceptors (Lipinski definition) is 7. The molecule has 3 aromatic rings. The molecule has 4 rings (SSSR count). The zero-order valence-corrected chi connectivity index (χ0v) is 22.8. The van der Waals surface area contributed by atoms with Gasteiger partial charge in [0.05, 0.1) is 11.4 Å². The molecule has 2 heterocycles. The largest absolute Gasteiger partial charge is 0.482 e. The van der Waals surface area contributed by atoms with Crippen molar-refractivity contribution in [3.63, 3.8) is 0 Å². The Balaban J connectivity index is 1.35. The Hall–Kier alpha value is -2.01. The average molecular weight is 570 g/mol. The molecular formula is C25H26Cl2N2O5S2. The summed E-state index contributed by atoms with van der Waals surface area (Å²) >= 11 is 13.7. The fraction of sp³-hybridized carbons (Fsp3) is 0.320. The molecule has 0 bridgehead atoms. The third-order valence-electron chi connectivity index (χ3n) is 5.81. The zero-order chi connectivity index (χ0) is 25.7. The van der Waals surface area contributed by atoms with Crippen molar-refractivity contribution in [3.8, 4) is 5.75 Å². The van der Waals surface area contributed by atoms with Crippen molar-refractivity contribution in [2.45, 2.75) is 29.4 Å². The van der Waals surface area contributed by atoms with E-state index in [0.717, 1.165) is 10.5 Å². The first-order chi connectivity index (χ1) is 17.2. The molecule has 0 amide bonds. The van der Waals surface area contributed by atoms with Gasteiger partial charge in [-0.25, -0.2) is 8.42 Å². The molecule has 0 saturated carbocycles. The first-order valence-electron chi connectivity index (χ1n) is 11.3. The van der Waals surface area contributed by atoms with E-state index in [0.29, 0.717) is 44.9 Å². The van der Waals surface area contributed by atoms with Crippen LogP contribution in [0.25, 0.3) is 0 Å². The molecule has 192 valence electrons. The summed E-state index contributed by atoms with van der Waals surface area (Å²) < 4.78 is 39.0. The van der Waals surface area contributed by atoms with Crippen molar-refractivity contribution >= 4 is 45.0 Å². The van der Waals surface area contributed by atoms with Gasteiger partial charge in [0.2, 0.25) is 21.2 Å². The Morgan fingerprint density at radius 1 is 1.00 bits per heavy atom. The fourth-order valence-corrected chi connectivity index (χ4v) is 6.51. The van der Waals surface area contributed by atoms with Gasteiger partial charge in [0, 0.05) is 40.6 Å². The highest BCUT2D eigenvalue weighted by Gasteiger charge is 2.27. The predicted octanol–water partition coefficient (Wildman–Crippen LogP) is 5.14. The van der Waals surface area contributed by atoms with Gasteiger partial charge in [-0.05, 0) is 55.1 Å². The van der Waals surface area contributed by atoms with Crippen LogP contribution in [-0.4, -0.2) is 50.1 Å². The Labute approximate surface area is 225 Å². The van der Waals surface area contributed by atoms with Gasteiger partial charge in [-0.2, -0.15) is 4.31 Å². The van der Waals surface area contributed by atoms with Gasteiger partial charge in [0.15, 0.2) is 0 Å². The van der Waals surface area contributed by atoms with Crippen molar-refractivity contribution < 1.29 is 17.6 Å². The molecule has 0 spiro atoms. The number of rotatable bonds is 8. The molecule has 1 saturated heterocycles. The summed E-state index contributed by atoms with van der Waals surface area (Å²) in [6.07, 6.45) is 3.99. The van der Waals surface area contributed by atoms with Crippen LogP contribution in [0.4, 0.5) is 0 Å². The van der Waals surface area contributed by atoms with Gasteiger partial charge >= 0.3 is 0 Å². The molecule has 1 aliphatic rings. The van der Waals surface area contributed by atoms with Crippen LogP contribution in [-0.2, 0) is 23.2 Å². The second kappa shape index (κ2) is 12.0. The van der Waals surface area contributed by atoms with Crippen LogP contribution < -0.4 is 10.2 Å². The third-order valence-corrected chi connectivity index (χ3v) is 8.86. The Bertz CT molecular complexity index is 1340. The molecule has 7 nitrogen and oxygen atoms in total. The molecular weight excluding hydrogens is 543 g/mol. The number of hydrogen-bond donors (Lipinski definition) is 0. The number of halogens is 2. The lowest BCUT2D eigenvalue weighted by atomic mass is 10.2. The molecule has 1 aromatic heterocycles. The molecule has 36 heavy (non-hydrogen) atoms. The number of benzene rings is 2. The molecule has 0 radical (unpaired) electrons. The summed E-state index contributed by atoms with van der Waals surface area (Å²) in [4.78, 5) is 15.8. The second-order valence-electron chi connectivity index (χ2n) is 8.35. The first-order valence-corrected chi connectivity index (χ1v) is 14.7. The van der Waals surface area contributed by atoms with E-state index >= 15 is 0 Å². The summed E-state index contributed by atoms with van der Waals surface area (Å²) in [6.45, 7) is 2.48. The summed E-state index contributed by atoms with van der Waals surface area (Å²) in [7, 11) is -3.73. The summed E-state index contributed by atoms with van der Waals surface area (Å²) in [6, 6.07) is 13.7. The van der Waals surface area contributed by atoms with Crippen LogP contribution in [0.2, 0.25) is 10.0 Å². The number of ether oxygens (including phenoxy) is 1. The summed E-state index contributed by atoms with van der Waals surface area (Å²) in [5.74, 6) is 0.649. The van der Waals surface area contributed by atoms with E-state index in [-0.39, 0.29) is 32.7 Å². The van der Waals surface area contributed by atoms with Crippen LogP contribution >= 0.6 is 35.0 Å². The van der Waals surface area contributed by atoms with Crippen molar-refractivity contribution in [1.82, 2.24) is 9.21 Å². The predicted molar refractivity (Wildman–Crippen MR) is 143 cm³/mol. The SMILES string of the molecule is CSc1ccc(COc2coc(CN3CCCN(S(=O)(=O)c4cc(Cl)cc(Cl)c4)CC3)cc2=O)cc1. The third kappa shape index (κ3) is 6.85. The van der Waals surface area contributed by atoms with E-state index in [1.807, 2.05) is 30.5 Å². The number of thioether (sulfide) groups is 1. The lowest BCUT2D eigenvalue weighted by Crippen LogP contribution is -2.35. The van der Waals surface area contributed by atoms with Crippen LogP contribution in [0.1, 0.15) is 17.7 Å². The molecule has 11 heteroatoms. The maximum Gasteiger partial charge on any atom is 0.243 e. The standard InChI is InChI=1S/C25H26Cl2N2O5S2/c1-35-22-5-3-18(4-6-22)16-34-25-17-33-21(14-24(25)30)15-28-7-2-8-29(10-9-28)36(31,32)23-12-19(26)11-20(27)13-23/h3-6,11-14,17H,2,7-10,15-16H2,1H3. The van der Waals surface area contributed by atoms with E-state index < -0.39 is 10.0 Å². The monoisotopic (exact) mass is 568 g/mol. The quantitative estimate of drug-likeness (QED) is 0.348. The van der Waals surface area contributed by atoms with E-state index in [1.165, 1.54) is 34.8 Å². The minimum Gasteiger partial charge on any atom is -0.482 e. The Morgan fingerprint density at radius 2 is 1.72 bits per heavy atom. The number of sulfonamides is 1. The summed E-state index contributed by atoms with van der Waals surface area (Å²) in [5.41, 5.74) is 0.703. The maximum atomic E-state index is 13.1. The Morgan fingerprint density at radius 3 is 2.39 bits per heavy atom. The number of nitrogens with zero attached hydrogens (tertiary/aromatic N) is 2. The highest BCUT2D eigenvalue weighted by Crippen LogP contribution is 2.26. The molecule has 0 unspecified atom stereocenters. The van der Waals surface area contributed by atoms with Gasteiger partial charge in [0.25, 0.3) is 0 Å². The van der Waals surface area contributed by atoms with Crippen molar-refractivity contribution in [2.75, 3.05) is 32.4 Å². The van der Waals surface area contributed by atoms with E-state index in [1.54, 1.807) is 11.8 Å². The lowest BCUT2D eigenvalue weighted by molar-refractivity contribution is 0.245. The van der Waals surface area contributed by atoms with Crippen molar-refractivity contribution in [1.29, 1.82) is 0 Å². The maximum absolute atomic E-state index is 13.1. The van der Waals surface area contributed by atoms with Gasteiger partial charge in [0.1, 0.15) is 18.6 Å². The smallest absolute Gasteiger partial charge is 0.243 e. The molecule has 0 atom stereocenters. The topological polar surface area (TPSA) is 80.1 Å². The highest BCUT2D eigenvalue weighted by molar-refractivity contribution is 7.98. The summed E-state index contributed by atoms with van der Waals surface area (Å²) in [5, 5.41) is 0.543. The highest BCUT2D eigenvalue weighted by atomic mass is 35.5. The molecule has 1 aliphatic heterocycles. The van der Waals surface area contributed by atoms with Crippen LogP contribution in [0.5, 0.6) is 5.75 Å². The molecule has 0 aliphatic carbocycles. The van der Waals surface area contributed by atoms with Gasteiger partial charge < -0.3 is 9.15 Å². The van der Waals surface area contributed by atoms with Gasteiger partial charge in [-0.1, -0.05) is 35.3 Å². The van der Waals surface area contributed by atoms with Crippen LogP contribution in [0.3, 0.4) is 0 Å².